The Bertz CT molecular complexity index is 914. The van der Waals surface area contributed by atoms with E-state index in [0.717, 1.165) is 11.1 Å². The molecule has 25 heavy (non-hydrogen) atoms. The Hall–Kier alpha value is -1.89. The summed E-state index contributed by atoms with van der Waals surface area (Å²) < 4.78 is 33.4. The van der Waals surface area contributed by atoms with Gasteiger partial charge in [0.05, 0.1) is 17.7 Å². The maximum absolute atomic E-state index is 13.3. The minimum atomic E-state index is -3.61. The zero-order valence-electron chi connectivity index (χ0n) is 14.3. The predicted molar refractivity (Wildman–Crippen MR) is 100 cm³/mol. The average molecular weight is 376 g/mol. The predicted octanol–water partition coefficient (Wildman–Crippen LogP) is 4.39. The van der Waals surface area contributed by atoms with Crippen LogP contribution in [-0.2, 0) is 23.0 Å². The molecule has 0 N–H and O–H groups in total. The molecule has 0 radical (unpaired) electrons. The number of hydrogen-bond donors (Lipinski definition) is 0. The van der Waals surface area contributed by atoms with Gasteiger partial charge in [-0.15, -0.1) is 11.3 Å². The molecular formula is C19H21NO3S2. The third-order valence-electron chi connectivity index (χ3n) is 4.06. The minimum Gasteiger partial charge on any atom is -0.468 e. The number of sulfonamides is 1. The molecule has 0 amide bonds. The summed E-state index contributed by atoms with van der Waals surface area (Å²) in [7, 11) is -3.61. The zero-order valence-corrected chi connectivity index (χ0v) is 15.9. The zero-order chi connectivity index (χ0) is 17.9. The number of furan rings is 1. The number of nitrogens with zero attached hydrogens (tertiary/aromatic N) is 1. The molecule has 0 spiro atoms. The Morgan fingerprint density at radius 2 is 1.96 bits per heavy atom. The van der Waals surface area contributed by atoms with Crippen molar-refractivity contribution >= 4 is 21.4 Å². The van der Waals surface area contributed by atoms with Gasteiger partial charge >= 0.3 is 0 Å². The van der Waals surface area contributed by atoms with E-state index < -0.39 is 10.0 Å². The van der Waals surface area contributed by atoms with Gasteiger partial charge in [0.2, 0.25) is 10.0 Å². The highest BCUT2D eigenvalue weighted by atomic mass is 32.2. The van der Waals surface area contributed by atoms with Crippen LogP contribution in [0.15, 0.2) is 63.4 Å². The van der Waals surface area contributed by atoms with E-state index >= 15 is 0 Å². The van der Waals surface area contributed by atoms with Crippen molar-refractivity contribution < 1.29 is 12.8 Å². The van der Waals surface area contributed by atoms with Gasteiger partial charge in [0.1, 0.15) is 5.76 Å². The van der Waals surface area contributed by atoms with E-state index in [9.17, 15) is 8.42 Å². The molecule has 0 atom stereocenters. The van der Waals surface area contributed by atoms with Crippen LogP contribution in [-0.4, -0.2) is 19.3 Å². The summed E-state index contributed by atoms with van der Waals surface area (Å²) in [4.78, 5) is 1.53. The first-order chi connectivity index (χ1) is 12.0. The highest BCUT2D eigenvalue weighted by molar-refractivity contribution is 7.89. The summed E-state index contributed by atoms with van der Waals surface area (Å²) in [5, 5.41) is 2.01. The second-order valence-corrected chi connectivity index (χ2v) is 8.95. The number of benzene rings is 1. The van der Waals surface area contributed by atoms with Crippen LogP contribution in [0.1, 0.15) is 21.8 Å². The van der Waals surface area contributed by atoms with Crippen molar-refractivity contribution in [1.82, 2.24) is 4.31 Å². The van der Waals surface area contributed by atoms with Crippen LogP contribution in [0, 0.1) is 13.8 Å². The highest BCUT2D eigenvalue weighted by Crippen LogP contribution is 2.24. The number of aryl methyl sites for hydroxylation is 2. The van der Waals surface area contributed by atoms with E-state index in [1.807, 2.05) is 43.5 Å². The summed E-state index contributed by atoms with van der Waals surface area (Å²) in [6, 6.07) is 13.1. The maximum atomic E-state index is 13.3. The van der Waals surface area contributed by atoms with Gasteiger partial charge in [-0.3, -0.25) is 0 Å². The molecular weight excluding hydrogens is 354 g/mol. The van der Waals surface area contributed by atoms with Crippen LogP contribution in [0.4, 0.5) is 0 Å². The van der Waals surface area contributed by atoms with Crippen molar-refractivity contribution in [3.63, 3.8) is 0 Å². The van der Waals surface area contributed by atoms with E-state index in [1.165, 1.54) is 9.18 Å². The van der Waals surface area contributed by atoms with Crippen molar-refractivity contribution in [2.45, 2.75) is 31.7 Å². The lowest BCUT2D eigenvalue weighted by molar-refractivity contribution is 0.366. The van der Waals surface area contributed by atoms with Crippen molar-refractivity contribution in [3.05, 3.63) is 75.9 Å². The summed E-state index contributed by atoms with van der Waals surface area (Å²) in [6.45, 7) is 4.38. The maximum Gasteiger partial charge on any atom is 0.243 e. The van der Waals surface area contributed by atoms with E-state index in [-0.39, 0.29) is 6.54 Å². The molecule has 0 aliphatic carbocycles. The molecule has 3 aromatic rings. The molecule has 3 rings (SSSR count). The highest BCUT2D eigenvalue weighted by Gasteiger charge is 2.27. The van der Waals surface area contributed by atoms with Crippen LogP contribution in [0.25, 0.3) is 0 Å². The van der Waals surface area contributed by atoms with E-state index in [4.69, 9.17) is 4.42 Å². The van der Waals surface area contributed by atoms with Gasteiger partial charge in [0.25, 0.3) is 0 Å². The van der Waals surface area contributed by atoms with Gasteiger partial charge in [-0.05, 0) is 61.0 Å². The van der Waals surface area contributed by atoms with E-state index in [0.29, 0.717) is 23.6 Å². The lowest BCUT2D eigenvalue weighted by Gasteiger charge is -2.22. The molecule has 0 aliphatic rings. The SMILES string of the molecule is Cc1ccc(C)c(S(=O)(=O)N(CCc2cccs2)Cc2ccco2)c1. The van der Waals surface area contributed by atoms with E-state index in [2.05, 4.69) is 0 Å². The van der Waals surface area contributed by atoms with Crippen LogP contribution in [0.3, 0.4) is 0 Å². The van der Waals surface area contributed by atoms with E-state index in [1.54, 1.807) is 35.8 Å². The topological polar surface area (TPSA) is 50.5 Å². The molecule has 132 valence electrons. The normalized spacial score (nSPS) is 12.0. The molecule has 0 bridgehead atoms. The molecule has 2 aromatic heterocycles. The van der Waals surface area contributed by atoms with Gasteiger partial charge in [-0.2, -0.15) is 4.31 Å². The molecule has 1 aromatic carbocycles. The Morgan fingerprint density at radius 3 is 2.64 bits per heavy atom. The third kappa shape index (κ3) is 4.21. The van der Waals surface area contributed by atoms with Crippen LogP contribution < -0.4 is 0 Å². The fourth-order valence-electron chi connectivity index (χ4n) is 2.67. The van der Waals surface area contributed by atoms with Gasteiger partial charge < -0.3 is 4.42 Å². The van der Waals surface area contributed by atoms with Gasteiger partial charge in [-0.1, -0.05) is 18.2 Å². The second-order valence-electron chi connectivity index (χ2n) is 6.02. The first kappa shape index (κ1) is 17.9. The fourth-order valence-corrected chi connectivity index (χ4v) is 5.09. The standard InChI is InChI=1S/C19H21NO3S2/c1-15-7-8-16(2)19(13-15)25(21,22)20(14-17-5-3-11-23-17)10-9-18-6-4-12-24-18/h3-8,11-13H,9-10,14H2,1-2H3. The average Bonchev–Trinajstić information content (AvgIpc) is 3.26. The first-order valence-electron chi connectivity index (χ1n) is 8.09. The first-order valence-corrected chi connectivity index (χ1v) is 10.4. The van der Waals surface area contributed by atoms with Crippen molar-refractivity contribution in [3.8, 4) is 0 Å². The molecule has 0 unspecified atom stereocenters. The lowest BCUT2D eigenvalue weighted by atomic mass is 10.2. The summed E-state index contributed by atoms with van der Waals surface area (Å²) >= 11 is 1.64. The molecule has 0 saturated carbocycles. The Balaban J connectivity index is 1.92. The Labute approximate surface area is 152 Å². The van der Waals surface area contributed by atoms with Crippen LogP contribution in [0.2, 0.25) is 0 Å². The van der Waals surface area contributed by atoms with Crippen molar-refractivity contribution in [1.29, 1.82) is 0 Å². The quantitative estimate of drug-likeness (QED) is 0.615. The summed E-state index contributed by atoms with van der Waals surface area (Å²) in [5.74, 6) is 0.639. The summed E-state index contributed by atoms with van der Waals surface area (Å²) in [5.41, 5.74) is 1.69. The lowest BCUT2D eigenvalue weighted by Crippen LogP contribution is -2.33. The van der Waals surface area contributed by atoms with Gasteiger partial charge in [0.15, 0.2) is 0 Å². The monoisotopic (exact) mass is 375 g/mol. The van der Waals surface area contributed by atoms with Crippen LogP contribution in [0.5, 0.6) is 0 Å². The van der Waals surface area contributed by atoms with Crippen molar-refractivity contribution in [2.24, 2.45) is 0 Å². The van der Waals surface area contributed by atoms with Crippen LogP contribution >= 0.6 is 11.3 Å². The minimum absolute atomic E-state index is 0.230. The Kier molecular flexibility index (Phi) is 5.42. The second kappa shape index (κ2) is 7.56. The third-order valence-corrected chi connectivity index (χ3v) is 6.98. The molecule has 2 heterocycles. The van der Waals surface area contributed by atoms with Gasteiger partial charge in [0, 0.05) is 11.4 Å². The molecule has 4 nitrogen and oxygen atoms in total. The van der Waals surface area contributed by atoms with Crippen molar-refractivity contribution in [2.75, 3.05) is 6.54 Å². The van der Waals surface area contributed by atoms with Gasteiger partial charge in [-0.25, -0.2) is 8.42 Å². The largest absolute Gasteiger partial charge is 0.468 e. The summed E-state index contributed by atoms with van der Waals surface area (Å²) in [6.07, 6.45) is 2.25. The fraction of sp³-hybridized carbons (Fsp3) is 0.263. The number of hydrogen-bond acceptors (Lipinski definition) is 4. The number of rotatable bonds is 7. The molecule has 0 fully saturated rings. The Morgan fingerprint density at radius 1 is 1.12 bits per heavy atom. The molecule has 0 saturated heterocycles. The smallest absolute Gasteiger partial charge is 0.243 e. The number of thiophene rings is 1. The molecule has 6 heteroatoms. The molecule has 0 aliphatic heterocycles.